The van der Waals surface area contributed by atoms with Crippen LogP contribution in [0.4, 0.5) is 0 Å². The minimum atomic E-state index is -0.577. The average molecular weight is 393 g/mol. The molecule has 2 aliphatic heterocycles. The number of aromatic nitrogens is 2. The number of carbonyl (C=O) groups is 1. The number of rotatable bonds is 5. The lowest BCUT2D eigenvalue weighted by Crippen LogP contribution is -2.66. The second kappa shape index (κ2) is 8.66. The van der Waals surface area contributed by atoms with Crippen LogP contribution in [0.15, 0.2) is 43.0 Å². The van der Waals surface area contributed by atoms with Crippen LogP contribution in [-0.2, 0) is 9.53 Å². The third kappa shape index (κ3) is 3.85. The Hall–Kier alpha value is -2.86. The quantitative estimate of drug-likeness (QED) is 0.796. The van der Waals surface area contributed by atoms with Crippen LogP contribution in [0.2, 0.25) is 0 Å². The van der Waals surface area contributed by atoms with Gasteiger partial charge < -0.3 is 14.7 Å². The van der Waals surface area contributed by atoms with E-state index < -0.39 is 6.04 Å². The molecule has 0 saturated carbocycles. The summed E-state index contributed by atoms with van der Waals surface area (Å²) in [4.78, 5) is 24.4. The summed E-state index contributed by atoms with van der Waals surface area (Å²) in [5.74, 6) is -0.327. The van der Waals surface area contributed by atoms with Crippen LogP contribution >= 0.6 is 0 Å². The van der Waals surface area contributed by atoms with Crippen molar-refractivity contribution < 1.29 is 14.6 Å². The maximum absolute atomic E-state index is 12.8. The molecule has 0 unspecified atom stereocenters. The Kier molecular flexibility index (Phi) is 5.81. The Balaban J connectivity index is 1.49. The molecule has 1 aromatic heterocycles. The van der Waals surface area contributed by atoms with Crippen LogP contribution in [0.3, 0.4) is 0 Å². The van der Waals surface area contributed by atoms with Gasteiger partial charge in [0.1, 0.15) is 12.4 Å². The molecule has 0 spiro atoms. The molecule has 2 fully saturated rings. The van der Waals surface area contributed by atoms with Crippen molar-refractivity contribution in [1.29, 1.82) is 5.26 Å². The smallest absolute Gasteiger partial charge is 0.238 e. The van der Waals surface area contributed by atoms with Crippen LogP contribution in [0.25, 0.3) is 11.1 Å². The molecular formula is C21H23N5O3. The first-order valence-electron chi connectivity index (χ1n) is 9.70. The summed E-state index contributed by atoms with van der Waals surface area (Å²) in [6.45, 7) is 2.70. The van der Waals surface area contributed by atoms with Gasteiger partial charge >= 0.3 is 0 Å². The summed E-state index contributed by atoms with van der Waals surface area (Å²) in [6.07, 6.45) is 4.97. The van der Waals surface area contributed by atoms with E-state index in [4.69, 9.17) is 4.74 Å². The predicted octanol–water partition coefficient (Wildman–Crippen LogP) is 0.655. The number of likely N-dealkylation sites (tertiary alicyclic amines) is 1. The first kappa shape index (κ1) is 19.5. The lowest BCUT2D eigenvalue weighted by atomic mass is 9.75. The van der Waals surface area contributed by atoms with Gasteiger partial charge in [-0.25, -0.2) is 9.97 Å². The van der Waals surface area contributed by atoms with Crippen LogP contribution in [-0.4, -0.2) is 82.3 Å². The van der Waals surface area contributed by atoms with Crippen molar-refractivity contribution in [2.75, 3.05) is 39.5 Å². The first-order valence-corrected chi connectivity index (χ1v) is 9.70. The number of morpholine rings is 1. The number of nitrogens with zero attached hydrogens (tertiary/aromatic N) is 5. The molecule has 0 aliphatic carbocycles. The Morgan fingerprint density at radius 2 is 1.86 bits per heavy atom. The number of amides is 1. The molecule has 29 heavy (non-hydrogen) atoms. The van der Waals surface area contributed by atoms with Gasteiger partial charge in [-0.2, -0.15) is 5.26 Å². The van der Waals surface area contributed by atoms with Crippen molar-refractivity contribution in [1.82, 2.24) is 19.8 Å². The van der Waals surface area contributed by atoms with E-state index in [0.29, 0.717) is 26.3 Å². The van der Waals surface area contributed by atoms with E-state index in [9.17, 15) is 15.2 Å². The van der Waals surface area contributed by atoms with Crippen molar-refractivity contribution in [2.45, 2.75) is 18.0 Å². The molecular weight excluding hydrogens is 370 g/mol. The van der Waals surface area contributed by atoms with Crippen molar-refractivity contribution in [3.63, 3.8) is 0 Å². The van der Waals surface area contributed by atoms with Gasteiger partial charge in [0.2, 0.25) is 5.91 Å². The molecule has 4 rings (SSSR count). The molecule has 2 aliphatic rings. The lowest BCUT2D eigenvalue weighted by Gasteiger charge is -2.52. The number of aliphatic hydroxyl groups excluding tert-OH is 1. The molecule has 0 radical (unpaired) electrons. The summed E-state index contributed by atoms with van der Waals surface area (Å²) in [7, 11) is 0. The summed E-state index contributed by atoms with van der Waals surface area (Å²) < 4.78 is 5.32. The van der Waals surface area contributed by atoms with E-state index in [-0.39, 0.29) is 31.0 Å². The monoisotopic (exact) mass is 393 g/mol. The largest absolute Gasteiger partial charge is 0.394 e. The molecule has 2 aromatic rings. The topological polar surface area (TPSA) is 103 Å². The maximum atomic E-state index is 12.8. The van der Waals surface area contributed by atoms with Gasteiger partial charge in [-0.15, -0.1) is 0 Å². The van der Waals surface area contributed by atoms with Gasteiger partial charge in [0, 0.05) is 37.0 Å². The van der Waals surface area contributed by atoms with E-state index in [1.807, 2.05) is 29.2 Å². The van der Waals surface area contributed by atoms with E-state index >= 15 is 0 Å². The molecule has 1 N–H and O–H groups in total. The molecule has 0 bridgehead atoms. The Morgan fingerprint density at radius 1 is 1.17 bits per heavy atom. The van der Waals surface area contributed by atoms with Crippen molar-refractivity contribution in [3.05, 3.63) is 48.5 Å². The second-order valence-corrected chi connectivity index (χ2v) is 7.29. The van der Waals surface area contributed by atoms with E-state index in [0.717, 1.165) is 16.7 Å². The number of nitriles is 1. The number of aliphatic hydroxyl groups is 1. The fraction of sp³-hybridized carbons (Fsp3) is 0.429. The fourth-order valence-electron chi connectivity index (χ4n) is 4.13. The van der Waals surface area contributed by atoms with Gasteiger partial charge in [-0.3, -0.25) is 9.69 Å². The van der Waals surface area contributed by atoms with Gasteiger partial charge in [0.05, 0.1) is 38.5 Å². The lowest BCUT2D eigenvalue weighted by molar-refractivity contribution is -0.149. The Morgan fingerprint density at radius 3 is 2.48 bits per heavy atom. The number of hydrogen-bond donors (Lipinski definition) is 1. The molecule has 1 aromatic carbocycles. The van der Waals surface area contributed by atoms with Crippen molar-refractivity contribution in [3.8, 4) is 17.2 Å². The highest BCUT2D eigenvalue weighted by molar-refractivity contribution is 5.81. The van der Waals surface area contributed by atoms with Crippen molar-refractivity contribution in [2.24, 2.45) is 0 Å². The Labute approximate surface area is 169 Å². The summed E-state index contributed by atoms with van der Waals surface area (Å²) in [6, 6.07) is 9.10. The second-order valence-electron chi connectivity index (χ2n) is 7.29. The zero-order chi connectivity index (χ0) is 20.2. The van der Waals surface area contributed by atoms with Gasteiger partial charge in [-0.05, 0) is 11.1 Å². The molecule has 8 nitrogen and oxygen atoms in total. The van der Waals surface area contributed by atoms with E-state index in [1.54, 1.807) is 17.3 Å². The fourth-order valence-corrected chi connectivity index (χ4v) is 4.13. The molecule has 3 atom stereocenters. The highest BCUT2D eigenvalue weighted by Crippen LogP contribution is 2.41. The van der Waals surface area contributed by atoms with E-state index in [1.165, 1.54) is 6.33 Å². The van der Waals surface area contributed by atoms with Crippen LogP contribution in [0, 0.1) is 11.3 Å². The van der Waals surface area contributed by atoms with Gasteiger partial charge in [0.15, 0.2) is 0 Å². The third-order valence-electron chi connectivity index (χ3n) is 5.67. The third-order valence-corrected chi connectivity index (χ3v) is 5.67. The van der Waals surface area contributed by atoms with Crippen LogP contribution < -0.4 is 0 Å². The number of benzene rings is 1. The van der Waals surface area contributed by atoms with Gasteiger partial charge in [0.25, 0.3) is 0 Å². The number of ether oxygens (including phenoxy) is 1. The van der Waals surface area contributed by atoms with Crippen molar-refractivity contribution >= 4 is 5.91 Å². The predicted molar refractivity (Wildman–Crippen MR) is 105 cm³/mol. The highest BCUT2D eigenvalue weighted by Gasteiger charge is 2.51. The molecule has 2 saturated heterocycles. The highest BCUT2D eigenvalue weighted by atomic mass is 16.5. The average Bonchev–Trinajstić information content (AvgIpc) is 2.75. The van der Waals surface area contributed by atoms with Crippen LogP contribution in [0.5, 0.6) is 0 Å². The maximum Gasteiger partial charge on any atom is 0.238 e. The van der Waals surface area contributed by atoms with Crippen LogP contribution in [0.1, 0.15) is 11.5 Å². The standard InChI is InChI=1S/C21H23N5O3/c22-9-18-21(16-3-1-15(2-4-16)17-10-23-14-24-11-17)19(13-27)26(18)20(28)12-25-5-7-29-8-6-25/h1-4,10-11,14,18-19,21,27H,5-8,12-13H2/t18-,19+,21-/m1/s1. The number of hydrogen-bond acceptors (Lipinski definition) is 7. The minimum Gasteiger partial charge on any atom is -0.394 e. The number of carbonyl (C=O) groups excluding carboxylic acids is 1. The zero-order valence-electron chi connectivity index (χ0n) is 16.0. The Bertz CT molecular complexity index is 877. The summed E-state index contributed by atoms with van der Waals surface area (Å²) in [5, 5.41) is 19.6. The molecule has 150 valence electrons. The minimum absolute atomic E-state index is 0.119. The zero-order valence-corrected chi connectivity index (χ0v) is 16.0. The molecule has 1 amide bonds. The molecule has 3 heterocycles. The van der Waals surface area contributed by atoms with Gasteiger partial charge in [-0.1, -0.05) is 24.3 Å². The summed E-state index contributed by atoms with van der Waals surface area (Å²) in [5.41, 5.74) is 2.82. The molecule has 8 heteroatoms. The normalized spacial score (nSPS) is 24.6. The first-order chi connectivity index (χ1) is 14.2. The SMILES string of the molecule is N#C[C@@H]1[C@@H](c2ccc(-c3cncnc3)cc2)[C@H](CO)N1C(=O)CN1CCOCC1. The van der Waals surface area contributed by atoms with E-state index in [2.05, 4.69) is 16.0 Å². The summed E-state index contributed by atoms with van der Waals surface area (Å²) >= 11 is 0.